The molecule has 0 aromatic rings. The van der Waals surface area contributed by atoms with Crippen molar-refractivity contribution in [2.24, 2.45) is 5.92 Å². The molecule has 0 bridgehead atoms. The SMILES string of the molecule is CCN(CC)C[C@H](C)C(=O)OC. The zero-order chi connectivity index (χ0) is 9.56. The van der Waals surface area contributed by atoms with E-state index in [2.05, 4.69) is 23.5 Å². The summed E-state index contributed by atoms with van der Waals surface area (Å²) in [4.78, 5) is 13.2. The van der Waals surface area contributed by atoms with Gasteiger partial charge in [0.05, 0.1) is 13.0 Å². The number of carbonyl (C=O) groups excluding carboxylic acids is 1. The Bertz CT molecular complexity index is 132. The quantitative estimate of drug-likeness (QED) is 0.584. The van der Waals surface area contributed by atoms with Crippen LogP contribution in [0.3, 0.4) is 0 Å². The summed E-state index contributed by atoms with van der Waals surface area (Å²) in [6, 6.07) is 0. The van der Waals surface area contributed by atoms with Crippen molar-refractivity contribution in [3.8, 4) is 0 Å². The molecule has 3 heteroatoms. The zero-order valence-corrected chi connectivity index (χ0v) is 8.46. The van der Waals surface area contributed by atoms with Crippen LogP contribution in [0, 0.1) is 5.92 Å². The predicted molar refractivity (Wildman–Crippen MR) is 49.0 cm³/mol. The molecule has 0 saturated heterocycles. The van der Waals surface area contributed by atoms with Gasteiger partial charge >= 0.3 is 5.97 Å². The minimum atomic E-state index is -0.123. The summed E-state index contributed by atoms with van der Waals surface area (Å²) in [5, 5.41) is 0. The molecule has 0 heterocycles. The second-order valence-corrected chi connectivity index (χ2v) is 2.91. The number of hydrogen-bond donors (Lipinski definition) is 0. The molecular formula is C9H19NO2. The maximum atomic E-state index is 11.0. The monoisotopic (exact) mass is 173 g/mol. The molecule has 3 nitrogen and oxygen atoms in total. The van der Waals surface area contributed by atoms with Crippen molar-refractivity contribution in [3.63, 3.8) is 0 Å². The third-order valence-corrected chi connectivity index (χ3v) is 2.03. The topological polar surface area (TPSA) is 29.5 Å². The Labute approximate surface area is 74.7 Å². The van der Waals surface area contributed by atoms with Gasteiger partial charge < -0.3 is 9.64 Å². The van der Waals surface area contributed by atoms with E-state index in [4.69, 9.17) is 0 Å². The van der Waals surface area contributed by atoms with Crippen LogP contribution >= 0.6 is 0 Å². The van der Waals surface area contributed by atoms with E-state index in [1.54, 1.807) is 0 Å². The Morgan fingerprint density at radius 3 is 2.25 bits per heavy atom. The minimum Gasteiger partial charge on any atom is -0.469 e. The van der Waals surface area contributed by atoms with Gasteiger partial charge in [-0.1, -0.05) is 20.8 Å². The Balaban J connectivity index is 3.80. The first-order chi connectivity index (χ1) is 5.65. The molecule has 0 unspecified atom stereocenters. The molecule has 0 N–H and O–H groups in total. The van der Waals surface area contributed by atoms with E-state index in [-0.39, 0.29) is 11.9 Å². The van der Waals surface area contributed by atoms with Crippen molar-refractivity contribution in [2.45, 2.75) is 20.8 Å². The molecule has 12 heavy (non-hydrogen) atoms. The Hall–Kier alpha value is -0.570. The molecule has 0 aromatic heterocycles. The van der Waals surface area contributed by atoms with Gasteiger partial charge in [0.25, 0.3) is 0 Å². The van der Waals surface area contributed by atoms with Crippen LogP contribution in [0.2, 0.25) is 0 Å². The Kier molecular flexibility index (Phi) is 5.72. The average Bonchev–Trinajstić information content (AvgIpc) is 2.12. The van der Waals surface area contributed by atoms with E-state index in [0.717, 1.165) is 19.6 Å². The maximum Gasteiger partial charge on any atom is 0.309 e. The third kappa shape index (κ3) is 3.72. The highest BCUT2D eigenvalue weighted by Gasteiger charge is 2.15. The van der Waals surface area contributed by atoms with E-state index in [0.29, 0.717) is 0 Å². The molecule has 0 aliphatic heterocycles. The molecule has 0 fully saturated rings. The molecule has 0 radical (unpaired) electrons. The lowest BCUT2D eigenvalue weighted by atomic mass is 10.1. The van der Waals surface area contributed by atoms with Crippen LogP contribution in [0.4, 0.5) is 0 Å². The molecular weight excluding hydrogens is 154 g/mol. The van der Waals surface area contributed by atoms with Crippen molar-refractivity contribution in [3.05, 3.63) is 0 Å². The smallest absolute Gasteiger partial charge is 0.309 e. The highest BCUT2D eigenvalue weighted by Crippen LogP contribution is 2.01. The molecule has 1 atom stereocenters. The summed E-state index contributed by atoms with van der Waals surface area (Å²) in [5.41, 5.74) is 0. The van der Waals surface area contributed by atoms with Crippen molar-refractivity contribution in [2.75, 3.05) is 26.7 Å². The molecule has 0 aliphatic carbocycles. The molecule has 0 aromatic carbocycles. The summed E-state index contributed by atoms with van der Waals surface area (Å²) >= 11 is 0. The highest BCUT2D eigenvalue weighted by atomic mass is 16.5. The van der Waals surface area contributed by atoms with Gasteiger partial charge in [0, 0.05) is 6.54 Å². The van der Waals surface area contributed by atoms with E-state index < -0.39 is 0 Å². The summed E-state index contributed by atoms with van der Waals surface area (Å²) in [6.45, 7) is 8.83. The number of methoxy groups -OCH3 is 1. The lowest BCUT2D eigenvalue weighted by Crippen LogP contribution is -2.32. The van der Waals surface area contributed by atoms with Crippen LogP contribution in [0.25, 0.3) is 0 Å². The van der Waals surface area contributed by atoms with Gasteiger partial charge in [-0.2, -0.15) is 0 Å². The highest BCUT2D eigenvalue weighted by molar-refractivity contribution is 5.72. The van der Waals surface area contributed by atoms with Gasteiger partial charge in [0.1, 0.15) is 0 Å². The normalized spacial score (nSPS) is 13.1. The minimum absolute atomic E-state index is 0.0186. The van der Waals surface area contributed by atoms with Gasteiger partial charge in [-0.15, -0.1) is 0 Å². The number of carbonyl (C=O) groups is 1. The second kappa shape index (κ2) is 6.00. The molecule has 0 amide bonds. The van der Waals surface area contributed by atoms with E-state index >= 15 is 0 Å². The summed E-state index contributed by atoms with van der Waals surface area (Å²) in [7, 11) is 1.43. The first-order valence-corrected chi connectivity index (χ1v) is 4.45. The fourth-order valence-electron chi connectivity index (χ4n) is 1.14. The Morgan fingerprint density at radius 2 is 1.92 bits per heavy atom. The van der Waals surface area contributed by atoms with Gasteiger partial charge in [-0.05, 0) is 13.1 Å². The molecule has 0 rings (SSSR count). The lowest BCUT2D eigenvalue weighted by molar-refractivity contribution is -0.145. The van der Waals surface area contributed by atoms with Crippen LogP contribution in [0.15, 0.2) is 0 Å². The molecule has 0 spiro atoms. The van der Waals surface area contributed by atoms with Crippen LogP contribution in [0.5, 0.6) is 0 Å². The number of nitrogens with zero attached hydrogens (tertiary/aromatic N) is 1. The van der Waals surface area contributed by atoms with Gasteiger partial charge in [-0.3, -0.25) is 4.79 Å². The van der Waals surface area contributed by atoms with Gasteiger partial charge in [0.2, 0.25) is 0 Å². The van der Waals surface area contributed by atoms with Crippen LogP contribution in [0.1, 0.15) is 20.8 Å². The first-order valence-electron chi connectivity index (χ1n) is 4.45. The standard InChI is InChI=1S/C9H19NO2/c1-5-10(6-2)7-8(3)9(11)12-4/h8H,5-7H2,1-4H3/t8-/m0/s1. The van der Waals surface area contributed by atoms with Gasteiger partial charge in [0.15, 0.2) is 0 Å². The van der Waals surface area contributed by atoms with Crippen molar-refractivity contribution in [1.82, 2.24) is 4.90 Å². The van der Waals surface area contributed by atoms with Crippen molar-refractivity contribution >= 4 is 5.97 Å². The first kappa shape index (κ1) is 11.4. The average molecular weight is 173 g/mol. The molecule has 0 saturated carbocycles. The summed E-state index contributed by atoms with van der Waals surface area (Å²) in [5.74, 6) is -0.142. The predicted octanol–water partition coefficient (Wildman–Crippen LogP) is 1.14. The summed E-state index contributed by atoms with van der Waals surface area (Å²) in [6.07, 6.45) is 0. The fourth-order valence-corrected chi connectivity index (χ4v) is 1.14. The fraction of sp³-hybridized carbons (Fsp3) is 0.889. The third-order valence-electron chi connectivity index (χ3n) is 2.03. The van der Waals surface area contributed by atoms with E-state index in [1.807, 2.05) is 6.92 Å². The molecule has 72 valence electrons. The van der Waals surface area contributed by atoms with E-state index in [1.165, 1.54) is 7.11 Å². The van der Waals surface area contributed by atoms with Crippen LogP contribution < -0.4 is 0 Å². The van der Waals surface area contributed by atoms with Crippen molar-refractivity contribution in [1.29, 1.82) is 0 Å². The largest absolute Gasteiger partial charge is 0.469 e. The summed E-state index contributed by atoms with van der Waals surface area (Å²) < 4.78 is 4.64. The second-order valence-electron chi connectivity index (χ2n) is 2.91. The zero-order valence-electron chi connectivity index (χ0n) is 8.46. The van der Waals surface area contributed by atoms with Crippen LogP contribution in [-0.2, 0) is 9.53 Å². The van der Waals surface area contributed by atoms with Crippen molar-refractivity contribution < 1.29 is 9.53 Å². The molecule has 0 aliphatic rings. The number of hydrogen-bond acceptors (Lipinski definition) is 3. The lowest BCUT2D eigenvalue weighted by Gasteiger charge is -2.20. The number of rotatable bonds is 5. The number of ether oxygens (including phenoxy) is 1. The van der Waals surface area contributed by atoms with Gasteiger partial charge in [-0.25, -0.2) is 0 Å². The maximum absolute atomic E-state index is 11.0. The number of esters is 1. The van der Waals surface area contributed by atoms with E-state index in [9.17, 15) is 4.79 Å². The Morgan fingerprint density at radius 1 is 1.42 bits per heavy atom. The van der Waals surface area contributed by atoms with Crippen LogP contribution in [-0.4, -0.2) is 37.6 Å².